The Morgan fingerprint density at radius 1 is 0.439 bits per heavy atom. The first-order valence-corrected chi connectivity index (χ1v) is 20.8. The lowest BCUT2D eigenvalue weighted by Crippen LogP contribution is -2.25. The van der Waals surface area contributed by atoms with E-state index in [9.17, 15) is 0 Å². The van der Waals surface area contributed by atoms with Crippen LogP contribution < -0.4 is 4.90 Å². The van der Waals surface area contributed by atoms with E-state index in [-0.39, 0.29) is 5.41 Å². The number of aryl methyl sites for hydroxylation is 1. The highest BCUT2D eigenvalue weighted by Crippen LogP contribution is 2.66. The first-order chi connectivity index (χ1) is 27.9. The van der Waals surface area contributed by atoms with Gasteiger partial charge in [-0.25, -0.2) is 0 Å². The summed E-state index contributed by atoms with van der Waals surface area (Å²) in [6.45, 7) is 6.97. The first kappa shape index (κ1) is 32.7. The predicted molar refractivity (Wildman–Crippen MR) is 241 cm³/mol. The van der Waals surface area contributed by atoms with E-state index < -0.39 is 5.41 Å². The third kappa shape index (κ3) is 4.34. The fourth-order valence-corrected chi connectivity index (χ4v) is 12.1. The highest BCUT2D eigenvalue weighted by Gasteiger charge is 2.53. The molecule has 270 valence electrons. The Labute approximate surface area is 338 Å². The molecule has 1 atom stereocenters. The topological polar surface area (TPSA) is 3.24 Å². The molecule has 57 heavy (non-hydrogen) atoms. The van der Waals surface area contributed by atoms with Crippen molar-refractivity contribution < 1.29 is 0 Å². The van der Waals surface area contributed by atoms with Crippen LogP contribution in [-0.2, 0) is 10.8 Å². The molecule has 1 aromatic heterocycles. The lowest BCUT2D eigenvalue weighted by atomic mass is 9.73. The molecule has 3 aliphatic carbocycles. The summed E-state index contributed by atoms with van der Waals surface area (Å²) < 4.78 is 1.34. The highest BCUT2D eigenvalue weighted by atomic mass is 32.1. The van der Waals surface area contributed by atoms with Crippen molar-refractivity contribution in [2.24, 2.45) is 0 Å². The zero-order valence-corrected chi connectivity index (χ0v) is 33.0. The smallest absolute Gasteiger partial charge is 0.0820 e. The number of hydrogen-bond acceptors (Lipinski definition) is 2. The van der Waals surface area contributed by atoms with Crippen molar-refractivity contribution in [2.75, 3.05) is 4.90 Å². The number of hydrogen-bond donors (Lipinski definition) is 0. The van der Waals surface area contributed by atoms with Gasteiger partial charge in [-0.05, 0) is 105 Å². The van der Waals surface area contributed by atoms with E-state index in [1.54, 1.807) is 0 Å². The second kappa shape index (κ2) is 11.8. The molecular weight excluding hydrogens is 707 g/mol. The lowest BCUT2D eigenvalue weighted by Gasteiger charge is -2.33. The maximum atomic E-state index is 2.54. The van der Waals surface area contributed by atoms with E-state index in [1.165, 1.54) is 92.9 Å². The van der Waals surface area contributed by atoms with Gasteiger partial charge in [-0.3, -0.25) is 0 Å². The Bertz CT molecular complexity index is 3130. The fourth-order valence-electron chi connectivity index (χ4n) is 10.6. The van der Waals surface area contributed by atoms with Gasteiger partial charge in [0.25, 0.3) is 0 Å². The molecule has 1 nitrogen and oxygen atoms in total. The van der Waals surface area contributed by atoms with Crippen LogP contribution in [0.3, 0.4) is 0 Å². The Hall–Kier alpha value is -6.48. The Morgan fingerprint density at radius 2 is 1.04 bits per heavy atom. The van der Waals surface area contributed by atoms with E-state index in [2.05, 4.69) is 208 Å². The van der Waals surface area contributed by atoms with Crippen LogP contribution in [0, 0.1) is 6.92 Å². The number of fused-ring (bicyclic) bond motifs is 15. The van der Waals surface area contributed by atoms with Crippen molar-refractivity contribution in [3.63, 3.8) is 0 Å². The summed E-state index contributed by atoms with van der Waals surface area (Å²) in [4.78, 5) is 3.95. The first-order valence-electron chi connectivity index (χ1n) is 20.0. The van der Waals surface area contributed by atoms with Crippen molar-refractivity contribution in [1.82, 2.24) is 0 Å². The Morgan fingerprint density at radius 3 is 1.84 bits per heavy atom. The third-order valence-electron chi connectivity index (χ3n) is 13.1. The van der Waals surface area contributed by atoms with Gasteiger partial charge in [-0.1, -0.05) is 165 Å². The average Bonchev–Trinajstić information content (AvgIpc) is 3.93. The van der Waals surface area contributed by atoms with Gasteiger partial charge in [0.2, 0.25) is 0 Å². The Kier molecular flexibility index (Phi) is 6.76. The molecule has 3 aliphatic rings. The molecule has 9 aromatic rings. The summed E-state index contributed by atoms with van der Waals surface area (Å²) in [5.74, 6) is 0. The van der Waals surface area contributed by atoms with E-state index in [4.69, 9.17) is 0 Å². The summed E-state index contributed by atoms with van der Waals surface area (Å²) in [5.41, 5.74) is 21.5. The van der Waals surface area contributed by atoms with Gasteiger partial charge in [-0.2, -0.15) is 0 Å². The van der Waals surface area contributed by atoms with Gasteiger partial charge < -0.3 is 4.90 Å². The maximum absolute atomic E-state index is 2.54. The number of nitrogens with zero attached hydrogens (tertiary/aromatic N) is 1. The minimum Gasteiger partial charge on any atom is -0.310 e. The maximum Gasteiger partial charge on any atom is 0.0820 e. The molecule has 2 heteroatoms. The molecule has 0 aliphatic heterocycles. The van der Waals surface area contributed by atoms with Crippen LogP contribution in [0.5, 0.6) is 0 Å². The molecule has 8 aromatic carbocycles. The highest BCUT2D eigenvalue weighted by molar-refractivity contribution is 7.20. The molecule has 1 spiro atoms. The lowest BCUT2D eigenvalue weighted by molar-refractivity contribution is 0.660. The van der Waals surface area contributed by atoms with Gasteiger partial charge in [0.1, 0.15) is 0 Å². The van der Waals surface area contributed by atoms with Crippen LogP contribution in [-0.4, -0.2) is 0 Å². The second-order valence-electron chi connectivity index (χ2n) is 16.5. The summed E-state index contributed by atoms with van der Waals surface area (Å²) in [5, 5.41) is 1.34. The zero-order chi connectivity index (χ0) is 38.0. The molecule has 0 radical (unpaired) electrons. The van der Waals surface area contributed by atoms with Crippen LogP contribution in [0.4, 0.5) is 17.1 Å². The van der Waals surface area contributed by atoms with E-state index in [0.717, 1.165) is 17.1 Å². The van der Waals surface area contributed by atoms with Gasteiger partial charge in [-0.15, -0.1) is 11.3 Å². The zero-order valence-electron chi connectivity index (χ0n) is 32.2. The SMILES string of the molecule is Cc1ccc2c(c1)-c1ccccc1C21c2cc(N(c3ccc4c(c3)C(C)(C)c3ccccc3-4)c3ccccc3-c3ccccc3)ccc2-c2c1sc1ccccc21. The van der Waals surface area contributed by atoms with E-state index >= 15 is 0 Å². The molecule has 0 saturated heterocycles. The molecule has 0 saturated carbocycles. The fraction of sp³-hybridized carbons (Fsp3) is 0.0909. The molecule has 1 unspecified atom stereocenters. The molecular formula is C55H39NS. The molecule has 0 amide bonds. The van der Waals surface area contributed by atoms with Gasteiger partial charge in [0.15, 0.2) is 0 Å². The summed E-state index contributed by atoms with van der Waals surface area (Å²) in [7, 11) is 0. The predicted octanol–water partition coefficient (Wildman–Crippen LogP) is 15.0. The molecule has 0 N–H and O–H groups in total. The van der Waals surface area contributed by atoms with Crippen molar-refractivity contribution >= 4 is 38.5 Å². The number of anilines is 3. The van der Waals surface area contributed by atoms with E-state index in [0.29, 0.717) is 0 Å². The molecule has 0 fully saturated rings. The standard InChI is InChI=1S/C55H39NS/c1-34-25-30-47-44(31-34)40-19-8-12-22-46(40)55(47)49-33-37(27-29-42(49)52-43-20-10-14-24-51(43)57-53(52)55)56(50-23-13-9-17-38(50)35-15-5-4-6-16-35)36-26-28-41-39-18-7-11-21-45(39)54(2,3)48(41)32-36/h4-33H,1-3H3. The van der Waals surface area contributed by atoms with Gasteiger partial charge in [0.05, 0.1) is 11.1 Å². The third-order valence-corrected chi connectivity index (χ3v) is 14.4. The van der Waals surface area contributed by atoms with Crippen LogP contribution in [0.2, 0.25) is 0 Å². The van der Waals surface area contributed by atoms with Crippen molar-refractivity contribution in [2.45, 2.75) is 31.6 Å². The summed E-state index contributed by atoms with van der Waals surface area (Å²) in [6.07, 6.45) is 0. The summed E-state index contributed by atoms with van der Waals surface area (Å²) in [6, 6.07) is 68.5. The number of rotatable bonds is 4. The summed E-state index contributed by atoms with van der Waals surface area (Å²) >= 11 is 1.97. The monoisotopic (exact) mass is 745 g/mol. The minimum absolute atomic E-state index is 0.126. The molecule has 12 rings (SSSR count). The van der Waals surface area contributed by atoms with Crippen molar-refractivity contribution in [1.29, 1.82) is 0 Å². The van der Waals surface area contributed by atoms with Crippen molar-refractivity contribution in [3.05, 3.63) is 220 Å². The van der Waals surface area contributed by atoms with Crippen LogP contribution >= 0.6 is 11.3 Å². The van der Waals surface area contributed by atoms with Crippen LogP contribution in [0.15, 0.2) is 182 Å². The normalized spacial score (nSPS) is 16.2. The number of thiophene rings is 1. The van der Waals surface area contributed by atoms with E-state index in [1.807, 2.05) is 11.3 Å². The molecule has 1 heterocycles. The largest absolute Gasteiger partial charge is 0.310 e. The van der Waals surface area contributed by atoms with Crippen molar-refractivity contribution in [3.8, 4) is 44.5 Å². The van der Waals surface area contributed by atoms with Crippen LogP contribution in [0.25, 0.3) is 54.6 Å². The minimum atomic E-state index is -0.434. The van der Waals surface area contributed by atoms with Gasteiger partial charge in [0, 0.05) is 42.9 Å². The van der Waals surface area contributed by atoms with Crippen LogP contribution in [0.1, 0.15) is 52.1 Å². The Balaban J connectivity index is 1.16. The number of para-hydroxylation sites is 1. The second-order valence-corrected chi connectivity index (χ2v) is 17.5. The van der Waals surface area contributed by atoms with Gasteiger partial charge >= 0.3 is 0 Å². The number of benzene rings is 8. The quantitative estimate of drug-likeness (QED) is 0.173. The molecule has 0 bridgehead atoms. The average molecular weight is 746 g/mol.